The Kier molecular flexibility index (Phi) is 4.53. The molecular formula is C24H26N2O4. The molecule has 30 heavy (non-hydrogen) atoms. The van der Waals surface area contributed by atoms with Crippen molar-refractivity contribution in [2.45, 2.75) is 43.9 Å². The van der Waals surface area contributed by atoms with E-state index >= 15 is 0 Å². The number of ether oxygens (including phenoxy) is 1. The number of aromatic nitrogens is 2. The Bertz CT molecular complexity index is 977. The van der Waals surface area contributed by atoms with Crippen molar-refractivity contribution in [3.8, 4) is 22.9 Å². The number of phenols is 1. The van der Waals surface area contributed by atoms with Crippen LogP contribution in [0.15, 0.2) is 30.6 Å². The molecule has 1 aromatic heterocycles. The molecule has 1 heterocycles. The van der Waals surface area contributed by atoms with E-state index in [4.69, 9.17) is 9.84 Å². The van der Waals surface area contributed by atoms with Gasteiger partial charge in [0.25, 0.3) is 0 Å². The first kappa shape index (κ1) is 19.1. The second-order valence-electron chi connectivity index (χ2n) is 9.28. The molecular weight excluding hydrogens is 380 g/mol. The summed E-state index contributed by atoms with van der Waals surface area (Å²) in [5, 5.41) is 19.8. The maximum absolute atomic E-state index is 11.1. The molecule has 6 heteroatoms. The highest BCUT2D eigenvalue weighted by Gasteiger charge is 2.52. The van der Waals surface area contributed by atoms with Crippen LogP contribution in [0, 0.1) is 17.8 Å². The van der Waals surface area contributed by atoms with Crippen LogP contribution < -0.4 is 4.74 Å². The number of nitrogens with zero attached hydrogens (tertiary/aromatic N) is 2. The van der Waals surface area contributed by atoms with Gasteiger partial charge in [-0.1, -0.05) is 0 Å². The van der Waals surface area contributed by atoms with Crippen LogP contribution in [0.4, 0.5) is 0 Å². The number of benzene rings is 1. The summed E-state index contributed by atoms with van der Waals surface area (Å²) in [5.74, 6) is 2.53. The topological polar surface area (TPSA) is 92.5 Å². The third-order valence-electron chi connectivity index (χ3n) is 7.25. The summed E-state index contributed by atoms with van der Waals surface area (Å²) < 4.78 is 5.52. The van der Waals surface area contributed by atoms with Crippen molar-refractivity contribution in [2.24, 2.45) is 17.8 Å². The van der Waals surface area contributed by atoms with E-state index in [2.05, 4.69) is 9.97 Å². The predicted octanol–water partition coefficient (Wildman–Crippen LogP) is 4.42. The van der Waals surface area contributed by atoms with Gasteiger partial charge in [0.2, 0.25) is 0 Å². The van der Waals surface area contributed by atoms with Crippen LogP contribution in [-0.2, 0) is 10.2 Å². The molecule has 0 aliphatic heterocycles. The average Bonchev–Trinajstić information content (AvgIpc) is 2.72. The lowest BCUT2D eigenvalue weighted by Gasteiger charge is -2.57. The predicted molar refractivity (Wildman–Crippen MR) is 112 cm³/mol. The number of aliphatic carboxylic acids is 1. The third-order valence-corrected chi connectivity index (χ3v) is 7.25. The first-order valence-corrected chi connectivity index (χ1v) is 10.6. The Morgan fingerprint density at radius 2 is 1.70 bits per heavy atom. The van der Waals surface area contributed by atoms with Crippen molar-refractivity contribution in [3.63, 3.8) is 0 Å². The average molecular weight is 406 g/mol. The molecule has 6 nitrogen and oxygen atoms in total. The van der Waals surface area contributed by atoms with E-state index in [1.54, 1.807) is 25.6 Å². The van der Waals surface area contributed by atoms with E-state index in [-0.39, 0.29) is 11.2 Å². The lowest BCUT2D eigenvalue weighted by atomic mass is 9.48. The number of carbonyl (C=O) groups is 1. The molecule has 4 fully saturated rings. The van der Waals surface area contributed by atoms with Crippen molar-refractivity contribution >= 4 is 12.0 Å². The Morgan fingerprint density at radius 1 is 1.10 bits per heavy atom. The molecule has 0 spiro atoms. The summed E-state index contributed by atoms with van der Waals surface area (Å²) in [6.45, 7) is 0. The summed E-state index contributed by atoms with van der Waals surface area (Å²) in [6, 6.07) is 3.83. The molecule has 0 atom stereocenters. The molecule has 4 aliphatic rings. The van der Waals surface area contributed by atoms with Crippen molar-refractivity contribution in [2.75, 3.05) is 7.11 Å². The van der Waals surface area contributed by atoms with E-state index in [0.717, 1.165) is 54.2 Å². The zero-order valence-electron chi connectivity index (χ0n) is 17.0. The summed E-state index contributed by atoms with van der Waals surface area (Å²) in [4.78, 5) is 19.6. The van der Waals surface area contributed by atoms with Gasteiger partial charge in [0.1, 0.15) is 0 Å². The van der Waals surface area contributed by atoms with Crippen LogP contribution in [0.2, 0.25) is 0 Å². The molecule has 0 amide bonds. The van der Waals surface area contributed by atoms with Gasteiger partial charge < -0.3 is 14.9 Å². The lowest BCUT2D eigenvalue weighted by Crippen LogP contribution is -2.48. The van der Waals surface area contributed by atoms with Gasteiger partial charge in [-0.15, -0.1) is 0 Å². The minimum Gasteiger partial charge on any atom is -0.504 e. The van der Waals surface area contributed by atoms with Gasteiger partial charge in [0, 0.05) is 35.2 Å². The molecule has 0 radical (unpaired) electrons. The number of methoxy groups -OCH3 is 1. The first-order valence-electron chi connectivity index (χ1n) is 10.6. The van der Waals surface area contributed by atoms with E-state index in [0.29, 0.717) is 17.1 Å². The number of carboxylic acid groups (broad SMARTS) is 1. The zero-order valence-corrected chi connectivity index (χ0v) is 17.0. The fraction of sp³-hybridized carbons (Fsp3) is 0.458. The lowest BCUT2D eigenvalue weighted by molar-refractivity contribution is -0.131. The van der Waals surface area contributed by atoms with Gasteiger partial charge in [-0.3, -0.25) is 0 Å². The highest BCUT2D eigenvalue weighted by molar-refractivity contribution is 5.85. The van der Waals surface area contributed by atoms with Gasteiger partial charge in [-0.05, 0) is 79.9 Å². The monoisotopic (exact) mass is 406 g/mol. The molecule has 2 aromatic rings. The number of hydrogen-bond acceptors (Lipinski definition) is 5. The van der Waals surface area contributed by atoms with E-state index in [9.17, 15) is 9.90 Å². The smallest absolute Gasteiger partial charge is 0.328 e. The van der Waals surface area contributed by atoms with Crippen molar-refractivity contribution in [1.29, 1.82) is 0 Å². The van der Waals surface area contributed by atoms with Crippen LogP contribution in [-0.4, -0.2) is 33.3 Å². The summed E-state index contributed by atoms with van der Waals surface area (Å²) >= 11 is 0. The van der Waals surface area contributed by atoms with Crippen molar-refractivity contribution in [3.05, 3.63) is 41.7 Å². The highest BCUT2D eigenvalue weighted by Crippen LogP contribution is 2.62. The Balaban J connectivity index is 1.54. The van der Waals surface area contributed by atoms with E-state index in [1.165, 1.54) is 25.3 Å². The summed E-state index contributed by atoms with van der Waals surface area (Å²) in [7, 11) is 1.57. The van der Waals surface area contributed by atoms with Crippen LogP contribution in [0.3, 0.4) is 0 Å². The molecule has 0 unspecified atom stereocenters. The zero-order chi connectivity index (χ0) is 20.9. The van der Waals surface area contributed by atoms with Crippen LogP contribution >= 0.6 is 0 Å². The number of phenolic OH excluding ortho intramolecular Hbond substituents is 1. The summed E-state index contributed by atoms with van der Waals surface area (Å²) in [5.41, 5.74) is 2.43. The fourth-order valence-electron chi connectivity index (χ4n) is 6.48. The largest absolute Gasteiger partial charge is 0.504 e. The SMILES string of the molecule is COc1cc(-c2ncc(/C=C/C(=O)O)cn2)cc(C23CC4CC(CC(C4)C2)C3)c1O. The quantitative estimate of drug-likeness (QED) is 0.714. The first-order chi connectivity index (χ1) is 14.5. The van der Waals surface area contributed by atoms with Gasteiger partial charge in [-0.25, -0.2) is 14.8 Å². The number of hydrogen-bond donors (Lipinski definition) is 2. The number of rotatable bonds is 5. The second kappa shape index (κ2) is 7.11. The maximum atomic E-state index is 11.1. The normalized spacial score (nSPS) is 29.4. The minimum atomic E-state index is -1.01. The highest BCUT2D eigenvalue weighted by atomic mass is 16.5. The molecule has 156 valence electrons. The van der Waals surface area contributed by atoms with E-state index < -0.39 is 5.97 Å². The number of carboxylic acids is 1. The van der Waals surface area contributed by atoms with Gasteiger partial charge >= 0.3 is 5.97 Å². The van der Waals surface area contributed by atoms with Crippen LogP contribution in [0.1, 0.15) is 49.7 Å². The molecule has 4 saturated carbocycles. The molecule has 4 bridgehead atoms. The Morgan fingerprint density at radius 3 is 2.23 bits per heavy atom. The molecule has 4 aliphatic carbocycles. The van der Waals surface area contributed by atoms with Crippen molar-refractivity contribution < 1.29 is 19.7 Å². The molecule has 2 N–H and O–H groups in total. The van der Waals surface area contributed by atoms with Crippen LogP contribution in [0.5, 0.6) is 11.5 Å². The van der Waals surface area contributed by atoms with Gasteiger partial charge in [-0.2, -0.15) is 0 Å². The number of aromatic hydroxyl groups is 1. The standard InChI is InChI=1S/C24H26N2O4/c1-30-20-8-18(23-25-12-14(13-26-23)2-3-21(27)28)7-19(22(20)29)24-9-15-4-16(10-24)6-17(5-15)11-24/h2-3,7-8,12-13,15-17,29H,4-6,9-11H2,1H3,(H,27,28)/b3-2+. The molecule has 6 rings (SSSR count). The summed E-state index contributed by atoms with van der Waals surface area (Å²) in [6.07, 6.45) is 13.2. The third kappa shape index (κ3) is 3.24. The maximum Gasteiger partial charge on any atom is 0.328 e. The Hall–Kier alpha value is -2.89. The van der Waals surface area contributed by atoms with Crippen molar-refractivity contribution in [1.82, 2.24) is 9.97 Å². The van der Waals surface area contributed by atoms with E-state index in [1.807, 2.05) is 6.07 Å². The van der Waals surface area contributed by atoms with Gasteiger partial charge in [0.05, 0.1) is 7.11 Å². The fourth-order valence-corrected chi connectivity index (χ4v) is 6.48. The molecule has 0 saturated heterocycles. The van der Waals surface area contributed by atoms with Crippen LogP contribution in [0.25, 0.3) is 17.5 Å². The molecule has 1 aromatic carbocycles. The second-order valence-corrected chi connectivity index (χ2v) is 9.28. The Labute approximate surface area is 175 Å². The van der Waals surface area contributed by atoms with Gasteiger partial charge in [0.15, 0.2) is 17.3 Å². The minimum absolute atomic E-state index is 0.0201.